The number of anilines is 1. The van der Waals surface area contributed by atoms with Crippen molar-refractivity contribution in [3.8, 4) is 0 Å². The van der Waals surface area contributed by atoms with Gasteiger partial charge in [-0.05, 0) is 44.7 Å². The van der Waals surface area contributed by atoms with Gasteiger partial charge in [0.2, 0.25) is 0 Å². The molecule has 0 atom stereocenters. The predicted molar refractivity (Wildman–Crippen MR) is 82.5 cm³/mol. The second kappa shape index (κ2) is 7.38. The fourth-order valence-electron chi connectivity index (χ4n) is 2.65. The first-order valence-electron chi connectivity index (χ1n) is 7.42. The van der Waals surface area contributed by atoms with E-state index in [2.05, 4.69) is 5.32 Å². The SMILES string of the molecule is Cc1cc(NCCOC2CCC(N)CC2)ccc1[N+](=O)[O-]. The third kappa shape index (κ3) is 4.68. The Bertz CT molecular complexity index is 485. The minimum atomic E-state index is -0.365. The minimum Gasteiger partial charge on any atom is -0.383 e. The van der Waals surface area contributed by atoms with Crippen LogP contribution >= 0.6 is 0 Å². The smallest absolute Gasteiger partial charge is 0.272 e. The molecule has 1 fully saturated rings. The first-order valence-corrected chi connectivity index (χ1v) is 7.42. The summed E-state index contributed by atoms with van der Waals surface area (Å²) < 4.78 is 5.82. The Morgan fingerprint density at radius 1 is 1.38 bits per heavy atom. The van der Waals surface area contributed by atoms with Crippen LogP contribution in [-0.4, -0.2) is 30.2 Å². The maximum atomic E-state index is 10.7. The Labute approximate surface area is 124 Å². The quantitative estimate of drug-likeness (QED) is 0.478. The van der Waals surface area contributed by atoms with Crippen molar-refractivity contribution in [3.63, 3.8) is 0 Å². The Kier molecular flexibility index (Phi) is 5.52. The van der Waals surface area contributed by atoms with Crippen LogP contribution in [0.25, 0.3) is 0 Å². The first kappa shape index (κ1) is 15.7. The highest BCUT2D eigenvalue weighted by Gasteiger charge is 2.18. The average molecular weight is 293 g/mol. The van der Waals surface area contributed by atoms with E-state index >= 15 is 0 Å². The summed E-state index contributed by atoms with van der Waals surface area (Å²) in [6.07, 6.45) is 4.49. The molecule has 2 rings (SSSR count). The van der Waals surface area contributed by atoms with Crippen LogP contribution in [0.3, 0.4) is 0 Å². The van der Waals surface area contributed by atoms with Gasteiger partial charge in [0.25, 0.3) is 5.69 Å². The molecule has 1 aromatic carbocycles. The molecule has 0 aromatic heterocycles. The van der Waals surface area contributed by atoms with Crippen molar-refractivity contribution in [3.05, 3.63) is 33.9 Å². The van der Waals surface area contributed by atoms with Crippen molar-refractivity contribution in [2.75, 3.05) is 18.5 Å². The lowest BCUT2D eigenvalue weighted by Crippen LogP contribution is -2.31. The number of nitrogens with two attached hydrogens (primary N) is 1. The number of nitro groups is 1. The minimum absolute atomic E-state index is 0.148. The molecule has 0 saturated heterocycles. The Balaban J connectivity index is 1.71. The fourth-order valence-corrected chi connectivity index (χ4v) is 2.65. The number of rotatable bonds is 6. The number of hydrogen-bond donors (Lipinski definition) is 2. The van der Waals surface area contributed by atoms with Crippen LogP contribution in [0.4, 0.5) is 11.4 Å². The molecule has 0 bridgehead atoms. The molecular formula is C15H23N3O3. The maximum Gasteiger partial charge on any atom is 0.272 e. The molecule has 1 aliphatic rings. The van der Waals surface area contributed by atoms with Crippen molar-refractivity contribution in [1.82, 2.24) is 0 Å². The number of nitro benzene ring substituents is 1. The number of benzene rings is 1. The van der Waals surface area contributed by atoms with Crippen molar-refractivity contribution in [2.24, 2.45) is 5.73 Å². The van der Waals surface area contributed by atoms with E-state index < -0.39 is 0 Å². The molecule has 0 radical (unpaired) electrons. The largest absolute Gasteiger partial charge is 0.383 e. The highest BCUT2D eigenvalue weighted by Crippen LogP contribution is 2.22. The predicted octanol–water partition coefficient (Wildman–Crippen LogP) is 2.60. The van der Waals surface area contributed by atoms with E-state index in [-0.39, 0.29) is 10.6 Å². The van der Waals surface area contributed by atoms with Crippen molar-refractivity contribution in [2.45, 2.75) is 44.8 Å². The molecule has 0 spiro atoms. The summed E-state index contributed by atoms with van der Waals surface area (Å²) in [7, 11) is 0. The van der Waals surface area contributed by atoms with Gasteiger partial charge < -0.3 is 15.8 Å². The summed E-state index contributed by atoms with van der Waals surface area (Å²) >= 11 is 0. The highest BCUT2D eigenvalue weighted by molar-refractivity contribution is 5.53. The molecule has 0 heterocycles. The molecule has 3 N–H and O–H groups in total. The van der Waals surface area contributed by atoms with Crippen molar-refractivity contribution >= 4 is 11.4 Å². The van der Waals surface area contributed by atoms with Crippen molar-refractivity contribution < 1.29 is 9.66 Å². The number of aryl methyl sites for hydroxylation is 1. The molecule has 1 saturated carbocycles. The normalized spacial score (nSPS) is 22.0. The Morgan fingerprint density at radius 3 is 2.71 bits per heavy atom. The van der Waals surface area contributed by atoms with Crippen molar-refractivity contribution in [1.29, 1.82) is 0 Å². The van der Waals surface area contributed by atoms with Gasteiger partial charge in [-0.2, -0.15) is 0 Å². The van der Waals surface area contributed by atoms with E-state index in [1.165, 1.54) is 6.07 Å². The lowest BCUT2D eigenvalue weighted by atomic mass is 9.94. The third-order valence-corrected chi connectivity index (χ3v) is 3.90. The second-order valence-corrected chi connectivity index (χ2v) is 5.59. The summed E-state index contributed by atoms with van der Waals surface area (Å²) in [4.78, 5) is 10.4. The zero-order chi connectivity index (χ0) is 15.2. The topological polar surface area (TPSA) is 90.4 Å². The first-order chi connectivity index (χ1) is 10.1. The molecule has 0 unspecified atom stereocenters. The molecule has 6 nitrogen and oxygen atoms in total. The van der Waals surface area contributed by atoms with Crippen LogP contribution in [0.2, 0.25) is 0 Å². The molecular weight excluding hydrogens is 270 g/mol. The number of ether oxygens (including phenoxy) is 1. The molecule has 1 aromatic rings. The van der Waals surface area contributed by atoms with E-state index in [9.17, 15) is 10.1 Å². The van der Waals surface area contributed by atoms with E-state index in [0.29, 0.717) is 30.9 Å². The average Bonchev–Trinajstić information content (AvgIpc) is 2.45. The molecule has 116 valence electrons. The standard InChI is InChI=1S/C15H23N3O3/c1-11-10-13(4-7-15(11)18(19)20)17-8-9-21-14-5-2-12(16)3-6-14/h4,7,10,12,14,17H,2-3,5-6,8-9,16H2,1H3. The van der Waals surface area contributed by atoms with Gasteiger partial charge in [0.15, 0.2) is 0 Å². The number of hydrogen-bond acceptors (Lipinski definition) is 5. The number of nitrogens with zero attached hydrogens (tertiary/aromatic N) is 1. The van der Waals surface area contributed by atoms with E-state index in [0.717, 1.165) is 31.4 Å². The summed E-state index contributed by atoms with van der Waals surface area (Å²) in [6, 6.07) is 5.38. The monoisotopic (exact) mass is 293 g/mol. The molecule has 1 aliphatic carbocycles. The van der Waals surface area contributed by atoms with Gasteiger partial charge in [0.05, 0.1) is 17.6 Å². The summed E-state index contributed by atoms with van der Waals surface area (Å²) in [5.41, 5.74) is 7.55. The third-order valence-electron chi connectivity index (χ3n) is 3.90. The van der Waals surface area contributed by atoms with E-state index in [1.54, 1.807) is 19.1 Å². The van der Waals surface area contributed by atoms with Gasteiger partial charge in [-0.1, -0.05) is 0 Å². The molecule has 0 amide bonds. The molecule has 21 heavy (non-hydrogen) atoms. The van der Waals surface area contributed by atoms with Gasteiger partial charge in [0.1, 0.15) is 0 Å². The maximum absolute atomic E-state index is 10.7. The van der Waals surface area contributed by atoms with Crippen LogP contribution in [0.1, 0.15) is 31.2 Å². The summed E-state index contributed by atoms with van der Waals surface area (Å²) in [5, 5.41) is 14.0. The lowest BCUT2D eigenvalue weighted by molar-refractivity contribution is -0.385. The van der Waals surface area contributed by atoms with Crippen LogP contribution < -0.4 is 11.1 Å². The number of nitrogens with one attached hydrogen (secondary N) is 1. The Morgan fingerprint density at radius 2 is 2.10 bits per heavy atom. The molecule has 6 heteroatoms. The summed E-state index contributed by atoms with van der Waals surface area (Å²) in [5.74, 6) is 0. The van der Waals surface area contributed by atoms with Gasteiger partial charge in [-0.15, -0.1) is 0 Å². The van der Waals surface area contributed by atoms with Gasteiger partial charge in [-0.3, -0.25) is 10.1 Å². The van der Waals surface area contributed by atoms with Crippen LogP contribution in [0, 0.1) is 17.0 Å². The zero-order valence-electron chi connectivity index (χ0n) is 12.4. The molecule has 0 aliphatic heterocycles. The fraction of sp³-hybridized carbons (Fsp3) is 0.600. The van der Waals surface area contributed by atoms with Gasteiger partial charge in [0, 0.05) is 29.9 Å². The van der Waals surface area contributed by atoms with Crippen LogP contribution in [-0.2, 0) is 4.74 Å². The van der Waals surface area contributed by atoms with E-state index in [4.69, 9.17) is 10.5 Å². The van der Waals surface area contributed by atoms with E-state index in [1.807, 2.05) is 0 Å². The highest BCUT2D eigenvalue weighted by atomic mass is 16.6. The summed E-state index contributed by atoms with van der Waals surface area (Å²) in [6.45, 7) is 3.07. The van der Waals surface area contributed by atoms with Crippen LogP contribution in [0.5, 0.6) is 0 Å². The van der Waals surface area contributed by atoms with Gasteiger partial charge in [-0.25, -0.2) is 0 Å². The Hall–Kier alpha value is -1.66. The van der Waals surface area contributed by atoms with Crippen LogP contribution in [0.15, 0.2) is 18.2 Å². The lowest BCUT2D eigenvalue weighted by Gasteiger charge is -2.26. The zero-order valence-corrected chi connectivity index (χ0v) is 12.4. The second-order valence-electron chi connectivity index (χ2n) is 5.59. The van der Waals surface area contributed by atoms with Gasteiger partial charge >= 0.3 is 0 Å².